The molecule has 1 unspecified atom stereocenters. The van der Waals surface area contributed by atoms with E-state index < -0.39 is 22.7 Å². The van der Waals surface area contributed by atoms with Crippen LogP contribution in [0.25, 0.3) is 0 Å². The molecule has 0 saturated carbocycles. The standard InChI is InChI=1S/C15H14BrFN6O5/c1-7(11-4-5-12(26-11)22(24)25)27-23-15(20)13(14(18)19)21(28-23)8-2-3-10(17)9(16)6-8/h2-7,20H,18-19H2,1H3. The molecule has 28 heavy (non-hydrogen) atoms. The molecule has 1 atom stereocenters. The summed E-state index contributed by atoms with van der Waals surface area (Å²) in [5.74, 6) is -1.39. The number of nitrogens with zero attached hydrogens (tertiary/aromatic N) is 3. The molecule has 1 aromatic heterocycles. The summed E-state index contributed by atoms with van der Waals surface area (Å²) in [5.41, 5.74) is 11.6. The van der Waals surface area contributed by atoms with Crippen LogP contribution < -0.4 is 16.5 Å². The molecule has 11 nitrogen and oxygen atoms in total. The minimum absolute atomic E-state index is 0.0314. The maximum absolute atomic E-state index is 13.5. The van der Waals surface area contributed by atoms with Gasteiger partial charge < -0.3 is 15.9 Å². The fourth-order valence-corrected chi connectivity index (χ4v) is 2.67. The number of anilines is 1. The number of hydroxylamine groups is 3. The van der Waals surface area contributed by atoms with Crippen LogP contribution in [0.15, 0.2) is 50.7 Å². The Labute approximate surface area is 165 Å². The van der Waals surface area contributed by atoms with Gasteiger partial charge in [-0.3, -0.25) is 15.5 Å². The Hall–Kier alpha value is -3.16. The summed E-state index contributed by atoms with van der Waals surface area (Å²) in [4.78, 5) is 21.0. The molecule has 0 spiro atoms. The summed E-state index contributed by atoms with van der Waals surface area (Å²) in [5, 5.41) is 20.7. The van der Waals surface area contributed by atoms with E-state index in [0.717, 1.165) is 5.06 Å². The SMILES string of the molecule is CC(ON1ON(c2ccc(F)c(Br)c2)C(=C(N)N)C1=N)c1ccc([N+](=O)[O-])o1. The summed E-state index contributed by atoms with van der Waals surface area (Å²) in [6, 6.07) is 6.51. The van der Waals surface area contributed by atoms with Crippen LogP contribution in [0.3, 0.4) is 0 Å². The van der Waals surface area contributed by atoms with E-state index in [4.69, 9.17) is 31.1 Å². The lowest BCUT2D eigenvalue weighted by molar-refractivity contribution is -0.403. The molecule has 3 rings (SSSR count). The number of nitrogens with two attached hydrogens (primary N) is 2. The molecule has 1 fully saturated rings. The first kappa shape index (κ1) is 19.6. The highest BCUT2D eigenvalue weighted by Gasteiger charge is 2.38. The largest absolute Gasteiger partial charge is 0.433 e. The lowest BCUT2D eigenvalue weighted by Crippen LogP contribution is -2.26. The van der Waals surface area contributed by atoms with E-state index in [1.54, 1.807) is 0 Å². The van der Waals surface area contributed by atoms with Crippen molar-refractivity contribution in [1.82, 2.24) is 5.23 Å². The van der Waals surface area contributed by atoms with Crippen molar-refractivity contribution in [2.24, 2.45) is 11.5 Å². The zero-order chi connectivity index (χ0) is 20.6. The fourth-order valence-electron chi connectivity index (χ4n) is 2.31. The molecule has 148 valence electrons. The van der Waals surface area contributed by atoms with Crippen LogP contribution in [0.2, 0.25) is 0 Å². The van der Waals surface area contributed by atoms with Crippen LogP contribution in [-0.4, -0.2) is 16.0 Å². The predicted octanol–water partition coefficient (Wildman–Crippen LogP) is 2.81. The molecular formula is C15H14BrFN6O5. The van der Waals surface area contributed by atoms with E-state index in [9.17, 15) is 14.5 Å². The predicted molar refractivity (Wildman–Crippen MR) is 97.5 cm³/mol. The third-order valence-corrected chi connectivity index (χ3v) is 4.23. The second-order valence-electron chi connectivity index (χ2n) is 5.56. The maximum atomic E-state index is 13.5. The number of hydrogen-bond acceptors (Lipinski definition) is 9. The smallest absolute Gasteiger partial charge is 0.403 e. The first-order chi connectivity index (χ1) is 13.2. The highest BCUT2D eigenvalue weighted by atomic mass is 79.9. The first-order valence-corrected chi connectivity index (χ1v) is 8.46. The number of furan rings is 1. The molecule has 5 N–H and O–H groups in total. The normalized spacial score (nSPS) is 15.2. The number of nitrogens with one attached hydrogen (secondary N) is 1. The Balaban J connectivity index is 1.84. The molecule has 2 heterocycles. The van der Waals surface area contributed by atoms with Crippen molar-refractivity contribution in [3.63, 3.8) is 0 Å². The van der Waals surface area contributed by atoms with Crippen LogP contribution >= 0.6 is 15.9 Å². The van der Waals surface area contributed by atoms with Gasteiger partial charge >= 0.3 is 5.88 Å². The van der Waals surface area contributed by atoms with Gasteiger partial charge in [0.15, 0.2) is 5.70 Å². The maximum Gasteiger partial charge on any atom is 0.433 e. The first-order valence-electron chi connectivity index (χ1n) is 7.67. The van der Waals surface area contributed by atoms with Gasteiger partial charge in [0.25, 0.3) is 0 Å². The number of halogens is 2. The minimum atomic E-state index is -0.853. The summed E-state index contributed by atoms with van der Waals surface area (Å²) in [7, 11) is 0. The van der Waals surface area contributed by atoms with Crippen molar-refractivity contribution in [3.8, 4) is 0 Å². The van der Waals surface area contributed by atoms with Gasteiger partial charge in [-0.1, -0.05) is 5.23 Å². The van der Waals surface area contributed by atoms with Crippen LogP contribution in [0.5, 0.6) is 0 Å². The van der Waals surface area contributed by atoms with Crippen molar-refractivity contribution in [2.45, 2.75) is 13.0 Å². The Bertz CT molecular complexity index is 976. The van der Waals surface area contributed by atoms with Gasteiger partial charge in [0.2, 0.25) is 5.84 Å². The van der Waals surface area contributed by atoms with Gasteiger partial charge in [-0.2, -0.15) is 5.06 Å². The molecule has 0 radical (unpaired) electrons. The Kier molecular flexibility index (Phi) is 5.22. The van der Waals surface area contributed by atoms with Crippen LogP contribution in [-0.2, 0) is 9.78 Å². The molecule has 0 bridgehead atoms. The molecular weight excluding hydrogens is 443 g/mol. The van der Waals surface area contributed by atoms with Crippen molar-refractivity contribution in [1.29, 1.82) is 5.41 Å². The van der Waals surface area contributed by atoms with Gasteiger partial charge in [-0.15, -0.1) is 4.94 Å². The average molecular weight is 457 g/mol. The molecule has 2 aromatic rings. The van der Waals surface area contributed by atoms with Crippen LogP contribution in [0.4, 0.5) is 16.0 Å². The molecule has 1 aliphatic heterocycles. The molecule has 0 aliphatic carbocycles. The van der Waals surface area contributed by atoms with Crippen molar-refractivity contribution in [2.75, 3.05) is 5.06 Å². The Morgan fingerprint density at radius 2 is 2.11 bits per heavy atom. The monoisotopic (exact) mass is 456 g/mol. The van der Waals surface area contributed by atoms with Gasteiger partial charge in [-0.25, -0.2) is 9.23 Å². The third-order valence-electron chi connectivity index (χ3n) is 3.62. The third kappa shape index (κ3) is 3.62. The summed E-state index contributed by atoms with van der Waals surface area (Å²) in [6.45, 7) is 1.53. The quantitative estimate of drug-likeness (QED) is 0.454. The number of nitro groups is 1. The molecule has 13 heteroatoms. The van der Waals surface area contributed by atoms with Crippen molar-refractivity contribution in [3.05, 3.63) is 68.0 Å². The van der Waals surface area contributed by atoms with Gasteiger partial charge in [0.05, 0.1) is 16.2 Å². The van der Waals surface area contributed by atoms with E-state index >= 15 is 0 Å². The number of hydrogen-bond donors (Lipinski definition) is 3. The van der Waals surface area contributed by atoms with Crippen molar-refractivity contribution < 1.29 is 23.5 Å². The molecule has 1 aromatic carbocycles. The second kappa shape index (κ2) is 7.46. The highest BCUT2D eigenvalue weighted by Crippen LogP contribution is 2.33. The van der Waals surface area contributed by atoms with E-state index in [1.807, 2.05) is 0 Å². The second-order valence-corrected chi connectivity index (χ2v) is 6.42. The van der Waals surface area contributed by atoms with E-state index in [1.165, 1.54) is 37.3 Å². The van der Waals surface area contributed by atoms with E-state index in [-0.39, 0.29) is 27.6 Å². The summed E-state index contributed by atoms with van der Waals surface area (Å²) < 4.78 is 18.7. The van der Waals surface area contributed by atoms with Gasteiger partial charge in [0, 0.05) is 0 Å². The number of benzene rings is 1. The van der Waals surface area contributed by atoms with Gasteiger partial charge in [0.1, 0.15) is 28.4 Å². The number of rotatable bonds is 5. The average Bonchev–Trinajstić information content (AvgIpc) is 3.23. The van der Waals surface area contributed by atoms with Crippen LogP contribution in [0, 0.1) is 21.3 Å². The lowest BCUT2D eigenvalue weighted by Gasteiger charge is -2.20. The molecule has 0 amide bonds. The Morgan fingerprint density at radius 1 is 1.39 bits per heavy atom. The summed E-state index contributed by atoms with van der Waals surface area (Å²) >= 11 is 3.06. The summed E-state index contributed by atoms with van der Waals surface area (Å²) in [6.07, 6.45) is -0.853. The molecule has 1 saturated heterocycles. The van der Waals surface area contributed by atoms with Gasteiger partial charge in [-0.05, 0) is 47.1 Å². The van der Waals surface area contributed by atoms with E-state index in [2.05, 4.69) is 15.9 Å². The zero-order valence-electron chi connectivity index (χ0n) is 14.3. The van der Waals surface area contributed by atoms with Crippen LogP contribution in [0.1, 0.15) is 18.8 Å². The van der Waals surface area contributed by atoms with E-state index in [0.29, 0.717) is 10.9 Å². The fraction of sp³-hybridized carbons (Fsp3) is 0.133. The zero-order valence-corrected chi connectivity index (χ0v) is 15.8. The minimum Gasteiger partial charge on any atom is -0.403 e. The lowest BCUT2D eigenvalue weighted by atomic mass is 10.3. The molecule has 1 aliphatic rings. The Morgan fingerprint density at radius 3 is 2.68 bits per heavy atom. The van der Waals surface area contributed by atoms with Crippen molar-refractivity contribution >= 4 is 33.3 Å². The topological polar surface area (TPSA) is 157 Å². The highest BCUT2D eigenvalue weighted by molar-refractivity contribution is 9.10. The number of amidine groups is 1.